The SMILES string of the molecule is C=C(NC(=NCc1ccc(Cl)cc1)C1=C(N)CC(=O)CC1)c1ccccc1C.CCCCCC. The van der Waals surface area contributed by atoms with Crippen LogP contribution in [-0.4, -0.2) is 11.6 Å². The van der Waals surface area contributed by atoms with Gasteiger partial charge in [0.15, 0.2) is 0 Å². The summed E-state index contributed by atoms with van der Waals surface area (Å²) in [6.45, 7) is 11.2. The molecule has 0 fully saturated rings. The summed E-state index contributed by atoms with van der Waals surface area (Å²) < 4.78 is 0. The number of nitrogens with zero attached hydrogens (tertiary/aromatic N) is 1. The van der Waals surface area contributed by atoms with Crippen molar-refractivity contribution < 1.29 is 4.79 Å². The van der Waals surface area contributed by atoms with Crippen molar-refractivity contribution in [3.63, 3.8) is 0 Å². The molecule has 0 spiro atoms. The first-order chi connectivity index (χ1) is 16.3. The number of rotatable bonds is 8. The van der Waals surface area contributed by atoms with Gasteiger partial charge >= 0.3 is 0 Å². The minimum Gasteiger partial charge on any atom is -0.401 e. The highest BCUT2D eigenvalue weighted by Gasteiger charge is 2.21. The van der Waals surface area contributed by atoms with E-state index in [1.54, 1.807) is 0 Å². The van der Waals surface area contributed by atoms with Crippen molar-refractivity contribution >= 4 is 28.9 Å². The second-order valence-electron chi connectivity index (χ2n) is 8.64. The molecule has 5 heteroatoms. The van der Waals surface area contributed by atoms with E-state index in [1.807, 2.05) is 55.5 Å². The van der Waals surface area contributed by atoms with Crippen LogP contribution in [0.4, 0.5) is 0 Å². The van der Waals surface area contributed by atoms with Gasteiger partial charge in [-0.05, 0) is 36.6 Å². The highest BCUT2D eigenvalue weighted by molar-refractivity contribution is 6.30. The van der Waals surface area contributed by atoms with Crippen molar-refractivity contribution in [1.29, 1.82) is 0 Å². The van der Waals surface area contributed by atoms with Gasteiger partial charge in [0.05, 0.1) is 6.54 Å². The van der Waals surface area contributed by atoms with Crippen LogP contribution in [-0.2, 0) is 11.3 Å². The number of hydrogen-bond donors (Lipinski definition) is 2. The number of unbranched alkanes of at least 4 members (excludes halogenated alkanes) is 3. The first-order valence-corrected chi connectivity index (χ1v) is 12.5. The maximum atomic E-state index is 11.7. The molecule has 1 aliphatic rings. The highest BCUT2D eigenvalue weighted by Crippen LogP contribution is 2.23. The predicted octanol–water partition coefficient (Wildman–Crippen LogP) is 7.36. The molecule has 0 bridgehead atoms. The van der Waals surface area contributed by atoms with Crippen molar-refractivity contribution in [3.8, 4) is 0 Å². The number of nitrogens with one attached hydrogen (secondary N) is 1. The van der Waals surface area contributed by atoms with Crippen LogP contribution in [0.15, 0.2) is 71.4 Å². The molecule has 0 aliphatic heterocycles. The van der Waals surface area contributed by atoms with Crippen LogP contribution < -0.4 is 11.1 Å². The summed E-state index contributed by atoms with van der Waals surface area (Å²) in [4.78, 5) is 16.5. The number of halogens is 1. The lowest BCUT2D eigenvalue weighted by atomic mass is 9.94. The molecule has 1 aliphatic carbocycles. The van der Waals surface area contributed by atoms with Gasteiger partial charge in [0.25, 0.3) is 0 Å². The second kappa shape index (κ2) is 14.4. The molecule has 2 aromatic carbocycles. The molecule has 3 N–H and O–H groups in total. The van der Waals surface area contributed by atoms with Gasteiger partial charge in [0.1, 0.15) is 11.6 Å². The van der Waals surface area contributed by atoms with Crippen LogP contribution >= 0.6 is 11.6 Å². The Hall–Kier alpha value is -2.85. The van der Waals surface area contributed by atoms with Gasteiger partial charge in [-0.15, -0.1) is 0 Å². The summed E-state index contributed by atoms with van der Waals surface area (Å²) >= 11 is 5.96. The molecule has 0 aromatic heterocycles. The quantitative estimate of drug-likeness (QED) is 0.236. The number of allylic oxidation sites excluding steroid dienone is 1. The lowest BCUT2D eigenvalue weighted by Gasteiger charge is -2.21. The average Bonchev–Trinajstić information content (AvgIpc) is 2.82. The summed E-state index contributed by atoms with van der Waals surface area (Å²) in [6, 6.07) is 15.6. The van der Waals surface area contributed by atoms with Crippen molar-refractivity contribution in [2.45, 2.75) is 72.3 Å². The second-order valence-corrected chi connectivity index (χ2v) is 9.07. The van der Waals surface area contributed by atoms with E-state index >= 15 is 0 Å². The van der Waals surface area contributed by atoms with E-state index in [2.05, 4.69) is 25.7 Å². The largest absolute Gasteiger partial charge is 0.401 e. The van der Waals surface area contributed by atoms with Crippen LogP contribution in [0.1, 0.15) is 75.5 Å². The zero-order chi connectivity index (χ0) is 24.9. The van der Waals surface area contributed by atoms with Crippen molar-refractivity contribution in [2.24, 2.45) is 10.7 Å². The zero-order valence-electron chi connectivity index (χ0n) is 20.8. The number of aryl methyl sites for hydroxylation is 1. The number of benzene rings is 2. The minimum atomic E-state index is 0.163. The Kier molecular flexibility index (Phi) is 11.6. The number of nitrogens with two attached hydrogens (primary N) is 1. The lowest BCUT2D eigenvalue weighted by Crippen LogP contribution is -2.29. The Labute approximate surface area is 210 Å². The number of carbonyl (C=O) groups excluding carboxylic acids is 1. The maximum absolute atomic E-state index is 11.7. The molecule has 0 unspecified atom stereocenters. The van der Waals surface area contributed by atoms with E-state index in [-0.39, 0.29) is 12.2 Å². The van der Waals surface area contributed by atoms with Crippen molar-refractivity contribution in [3.05, 3.63) is 88.1 Å². The van der Waals surface area contributed by atoms with E-state index < -0.39 is 0 Å². The molecule has 182 valence electrons. The summed E-state index contributed by atoms with van der Waals surface area (Å²) in [6.07, 6.45) is 6.87. The highest BCUT2D eigenvalue weighted by atomic mass is 35.5. The molecule has 0 amide bonds. The third-order valence-corrected chi connectivity index (χ3v) is 6.00. The molecule has 0 heterocycles. The number of carbonyl (C=O) groups is 1. The third kappa shape index (κ3) is 8.83. The normalized spacial score (nSPS) is 13.9. The fourth-order valence-electron chi connectivity index (χ4n) is 3.70. The van der Waals surface area contributed by atoms with Gasteiger partial charge in [-0.3, -0.25) is 9.79 Å². The Balaban J connectivity index is 0.000000604. The first kappa shape index (κ1) is 27.4. The Bertz CT molecular complexity index is 1020. The molecule has 0 saturated carbocycles. The summed E-state index contributed by atoms with van der Waals surface area (Å²) in [5.41, 5.74) is 11.6. The number of amidine groups is 1. The van der Waals surface area contributed by atoms with E-state index in [1.165, 1.54) is 25.7 Å². The number of aliphatic imine (C=N–C) groups is 1. The smallest absolute Gasteiger partial charge is 0.139 e. The van der Waals surface area contributed by atoms with Gasteiger partial charge in [-0.2, -0.15) is 0 Å². The minimum absolute atomic E-state index is 0.163. The molecule has 0 saturated heterocycles. The Morgan fingerprint density at radius 3 is 2.29 bits per heavy atom. The standard InChI is InChI=1S/C23H24ClN3O.C6H14/c1-15-5-3-4-6-20(15)16(2)27-23(21-12-11-19(28)13-22(21)25)26-14-17-7-9-18(24)10-8-17;1-3-5-6-4-2/h3-10H,2,11-14,25H2,1H3,(H,26,27);3-6H2,1-2H3. The predicted molar refractivity (Wildman–Crippen MR) is 146 cm³/mol. The maximum Gasteiger partial charge on any atom is 0.139 e. The Morgan fingerprint density at radius 1 is 1.06 bits per heavy atom. The van der Waals surface area contributed by atoms with Gasteiger partial charge in [0, 0.05) is 40.4 Å². The Morgan fingerprint density at radius 2 is 1.71 bits per heavy atom. The zero-order valence-corrected chi connectivity index (χ0v) is 21.5. The summed E-state index contributed by atoms with van der Waals surface area (Å²) in [5, 5.41) is 4.04. The van der Waals surface area contributed by atoms with Gasteiger partial charge < -0.3 is 11.1 Å². The third-order valence-electron chi connectivity index (χ3n) is 5.74. The molecule has 0 radical (unpaired) electrons. The molecule has 3 rings (SSSR count). The molecule has 4 nitrogen and oxygen atoms in total. The van der Waals surface area contributed by atoms with Crippen LogP contribution in [0, 0.1) is 6.92 Å². The topological polar surface area (TPSA) is 67.5 Å². The number of Topliss-reactive ketones (excluding diaryl/α,β-unsaturated/α-hetero) is 1. The summed E-state index contributed by atoms with van der Waals surface area (Å²) in [5.74, 6) is 0.837. The van der Waals surface area contributed by atoms with Crippen LogP contribution in [0.3, 0.4) is 0 Å². The summed E-state index contributed by atoms with van der Waals surface area (Å²) in [7, 11) is 0. The molecule has 2 aromatic rings. The van der Waals surface area contributed by atoms with E-state index in [4.69, 9.17) is 22.3 Å². The van der Waals surface area contributed by atoms with Gasteiger partial charge in [-0.25, -0.2) is 0 Å². The van der Waals surface area contributed by atoms with Crippen molar-refractivity contribution in [2.75, 3.05) is 0 Å². The van der Waals surface area contributed by atoms with E-state index in [0.29, 0.717) is 35.9 Å². The lowest BCUT2D eigenvalue weighted by molar-refractivity contribution is -0.118. The van der Waals surface area contributed by atoms with Crippen molar-refractivity contribution in [1.82, 2.24) is 5.32 Å². The van der Waals surface area contributed by atoms with Gasteiger partial charge in [0.2, 0.25) is 0 Å². The van der Waals surface area contributed by atoms with E-state index in [9.17, 15) is 4.79 Å². The fourth-order valence-corrected chi connectivity index (χ4v) is 3.82. The molecule has 34 heavy (non-hydrogen) atoms. The molecular formula is C29H38ClN3O. The van der Waals surface area contributed by atoms with Crippen LogP contribution in [0.2, 0.25) is 5.02 Å². The van der Waals surface area contributed by atoms with Crippen LogP contribution in [0.25, 0.3) is 5.70 Å². The number of ketones is 1. The van der Waals surface area contributed by atoms with E-state index in [0.717, 1.165) is 28.0 Å². The molecular weight excluding hydrogens is 442 g/mol. The fraction of sp³-hybridized carbons (Fsp3) is 0.379. The number of hydrogen-bond acceptors (Lipinski definition) is 3. The monoisotopic (exact) mass is 479 g/mol. The molecule has 0 atom stereocenters. The van der Waals surface area contributed by atoms with Gasteiger partial charge in [-0.1, -0.05) is 94.1 Å². The van der Waals surface area contributed by atoms with Crippen LogP contribution in [0.5, 0.6) is 0 Å². The first-order valence-electron chi connectivity index (χ1n) is 12.2. The average molecular weight is 480 g/mol.